The summed E-state index contributed by atoms with van der Waals surface area (Å²) in [6, 6.07) is 0. The molecule has 1 amide bonds. The molecular weight excluding hydrogens is 266 g/mol. The third kappa shape index (κ3) is 4.24. The minimum Gasteiger partial charge on any atom is -0.317 e. The number of piperidine rings is 1. The molecule has 0 aliphatic carbocycles. The minimum absolute atomic E-state index is 0.0474. The summed E-state index contributed by atoms with van der Waals surface area (Å²) in [4.78, 5) is 30.3. The van der Waals surface area contributed by atoms with E-state index < -0.39 is 5.41 Å². The highest BCUT2D eigenvalue weighted by Crippen LogP contribution is 2.20. The molecule has 0 radical (unpaired) electrons. The molecule has 1 saturated heterocycles. The Kier molecular flexibility index (Phi) is 4.93. The Hall–Kier alpha value is -1.49. The number of nitrogens with one attached hydrogen (secondary N) is 1. The molecule has 5 nitrogen and oxygen atoms in total. The summed E-state index contributed by atoms with van der Waals surface area (Å²) in [5, 5.41) is 3.26. The van der Waals surface area contributed by atoms with Crippen LogP contribution in [-0.2, 0) is 9.59 Å². The van der Waals surface area contributed by atoms with Gasteiger partial charge >= 0.3 is 0 Å². The normalized spacial score (nSPS) is 20.3. The average molecular weight is 291 g/mol. The van der Waals surface area contributed by atoms with E-state index in [1.54, 1.807) is 17.2 Å². The van der Waals surface area contributed by atoms with Gasteiger partial charge in [-0.1, -0.05) is 20.8 Å². The van der Waals surface area contributed by atoms with Gasteiger partial charge in [0.2, 0.25) is 5.91 Å². The molecule has 0 saturated carbocycles. The van der Waals surface area contributed by atoms with Crippen molar-refractivity contribution in [2.45, 2.75) is 40.0 Å². The number of nitrogens with zero attached hydrogens (tertiary/aromatic N) is 2. The van der Waals surface area contributed by atoms with Crippen LogP contribution >= 0.6 is 0 Å². The monoisotopic (exact) mass is 291 g/mol. The molecule has 0 bridgehead atoms. The number of carbonyl (C=O) groups excluding carboxylic acids is 2. The molecule has 1 N–H and O–H groups in total. The van der Waals surface area contributed by atoms with Crippen LogP contribution in [0.3, 0.4) is 0 Å². The van der Waals surface area contributed by atoms with Gasteiger partial charge in [0, 0.05) is 29.7 Å². The second-order valence-electron chi connectivity index (χ2n) is 6.80. The lowest BCUT2D eigenvalue weighted by Crippen LogP contribution is -2.38. The number of hydrogen-bond donors (Lipinski definition) is 1. The molecule has 21 heavy (non-hydrogen) atoms. The number of Topliss-reactive ketones (excluding diaryl/α,β-unsaturated/α-hetero) is 1. The lowest BCUT2D eigenvalue weighted by atomic mass is 9.90. The van der Waals surface area contributed by atoms with Crippen LogP contribution in [0.2, 0.25) is 0 Å². The van der Waals surface area contributed by atoms with E-state index in [2.05, 4.69) is 10.3 Å². The fraction of sp³-hybridized carbons (Fsp3) is 0.688. The summed E-state index contributed by atoms with van der Waals surface area (Å²) in [5.41, 5.74) is 0.374. The second-order valence-corrected chi connectivity index (χ2v) is 6.80. The lowest BCUT2D eigenvalue weighted by molar-refractivity contribution is -0.136. The Morgan fingerprint density at radius 3 is 2.52 bits per heavy atom. The molecule has 2 rings (SSSR count). The summed E-state index contributed by atoms with van der Waals surface area (Å²) in [6.07, 6.45) is 5.78. The fourth-order valence-electron chi connectivity index (χ4n) is 2.59. The van der Waals surface area contributed by atoms with Crippen LogP contribution in [0, 0.1) is 11.3 Å². The maximum atomic E-state index is 12.2. The molecule has 1 fully saturated rings. The highest BCUT2D eigenvalue weighted by molar-refractivity contribution is 6.08. The Morgan fingerprint density at radius 2 is 2.00 bits per heavy atom. The number of amides is 1. The molecule has 116 valence electrons. The predicted molar refractivity (Wildman–Crippen MR) is 83.0 cm³/mol. The van der Waals surface area contributed by atoms with Crippen molar-refractivity contribution in [3.8, 4) is 0 Å². The van der Waals surface area contributed by atoms with Gasteiger partial charge in [-0.25, -0.2) is 0 Å². The first-order chi connectivity index (χ1) is 9.88. The van der Waals surface area contributed by atoms with Gasteiger partial charge in [-0.05, 0) is 32.0 Å². The van der Waals surface area contributed by atoms with Crippen LogP contribution in [0.4, 0.5) is 0 Å². The number of carbonyl (C=O) groups is 2. The van der Waals surface area contributed by atoms with Gasteiger partial charge < -0.3 is 5.32 Å². The fourth-order valence-corrected chi connectivity index (χ4v) is 2.59. The first-order valence-corrected chi connectivity index (χ1v) is 7.64. The topological polar surface area (TPSA) is 61.8 Å². The van der Waals surface area contributed by atoms with Crippen molar-refractivity contribution in [3.05, 3.63) is 12.3 Å². The number of hydrogen-bond acceptors (Lipinski definition) is 4. The van der Waals surface area contributed by atoms with Crippen LogP contribution in [0.25, 0.3) is 0 Å². The van der Waals surface area contributed by atoms with Crippen molar-refractivity contribution in [1.82, 2.24) is 10.2 Å². The van der Waals surface area contributed by atoms with Gasteiger partial charge in [-0.15, -0.1) is 0 Å². The van der Waals surface area contributed by atoms with Gasteiger partial charge in [0.15, 0.2) is 0 Å². The SMILES string of the molecule is CC(C)(C)C(=O)N1C=CC(CC(=O)C2CCNCC2)=NC1. The quantitative estimate of drug-likeness (QED) is 0.861. The Labute approximate surface area is 126 Å². The molecule has 2 aliphatic rings. The van der Waals surface area contributed by atoms with Crippen LogP contribution in [0.1, 0.15) is 40.0 Å². The van der Waals surface area contributed by atoms with Crippen molar-refractivity contribution in [2.75, 3.05) is 19.8 Å². The third-order valence-corrected chi connectivity index (χ3v) is 3.93. The Bertz CT molecular complexity index is 468. The third-order valence-electron chi connectivity index (χ3n) is 3.93. The summed E-state index contributed by atoms with van der Waals surface area (Å²) < 4.78 is 0. The average Bonchev–Trinajstić information content (AvgIpc) is 2.47. The maximum absolute atomic E-state index is 12.2. The summed E-state index contributed by atoms with van der Waals surface area (Å²) in [5.74, 6) is 0.485. The standard InChI is InChI=1S/C16H25N3O2/c1-16(2,3)15(21)19-9-6-13(18-11-19)10-14(20)12-4-7-17-8-5-12/h6,9,12,17H,4-5,7-8,10-11H2,1-3H3. The molecule has 0 aromatic rings. The van der Waals surface area contributed by atoms with Crippen molar-refractivity contribution < 1.29 is 9.59 Å². The number of allylic oxidation sites excluding steroid dienone is 1. The minimum atomic E-state index is -0.414. The van der Waals surface area contributed by atoms with Gasteiger partial charge in [-0.3, -0.25) is 19.5 Å². The molecule has 0 atom stereocenters. The van der Waals surface area contributed by atoms with Gasteiger partial charge in [-0.2, -0.15) is 0 Å². The first-order valence-electron chi connectivity index (χ1n) is 7.64. The van der Waals surface area contributed by atoms with E-state index >= 15 is 0 Å². The van der Waals surface area contributed by atoms with E-state index in [0.29, 0.717) is 13.1 Å². The Morgan fingerprint density at radius 1 is 1.33 bits per heavy atom. The molecule has 2 aliphatic heterocycles. The van der Waals surface area contributed by atoms with Crippen LogP contribution in [0.5, 0.6) is 0 Å². The van der Waals surface area contributed by atoms with E-state index in [-0.39, 0.29) is 17.6 Å². The molecule has 0 unspecified atom stereocenters. The van der Waals surface area contributed by atoms with Gasteiger partial charge in [0.1, 0.15) is 12.5 Å². The zero-order chi connectivity index (χ0) is 15.5. The number of rotatable bonds is 3. The first kappa shape index (κ1) is 15.9. The predicted octanol–water partition coefficient (Wildman–Crippen LogP) is 1.75. The van der Waals surface area contributed by atoms with Gasteiger partial charge in [0.05, 0.1) is 0 Å². The van der Waals surface area contributed by atoms with Crippen LogP contribution in [-0.4, -0.2) is 42.1 Å². The van der Waals surface area contributed by atoms with Crippen molar-refractivity contribution in [1.29, 1.82) is 0 Å². The summed E-state index contributed by atoms with van der Waals surface area (Å²) >= 11 is 0. The van der Waals surface area contributed by atoms with E-state index in [9.17, 15) is 9.59 Å². The van der Waals surface area contributed by atoms with E-state index in [4.69, 9.17) is 0 Å². The molecule has 2 heterocycles. The van der Waals surface area contributed by atoms with Crippen molar-refractivity contribution in [2.24, 2.45) is 16.3 Å². The van der Waals surface area contributed by atoms with E-state index in [1.807, 2.05) is 20.8 Å². The largest absolute Gasteiger partial charge is 0.317 e. The highest BCUT2D eigenvalue weighted by atomic mass is 16.2. The molecule has 0 spiro atoms. The number of ketones is 1. The van der Waals surface area contributed by atoms with Gasteiger partial charge in [0.25, 0.3) is 0 Å². The maximum Gasteiger partial charge on any atom is 0.233 e. The zero-order valence-electron chi connectivity index (χ0n) is 13.2. The zero-order valence-corrected chi connectivity index (χ0v) is 13.2. The van der Waals surface area contributed by atoms with Crippen molar-refractivity contribution in [3.63, 3.8) is 0 Å². The lowest BCUT2D eigenvalue weighted by Gasteiger charge is -2.27. The summed E-state index contributed by atoms with van der Waals surface area (Å²) in [6.45, 7) is 7.84. The van der Waals surface area contributed by atoms with Crippen molar-refractivity contribution >= 4 is 17.4 Å². The summed E-state index contributed by atoms with van der Waals surface area (Å²) in [7, 11) is 0. The molecular formula is C16H25N3O2. The molecule has 5 heteroatoms. The molecule has 0 aromatic heterocycles. The highest BCUT2D eigenvalue weighted by Gasteiger charge is 2.27. The molecule has 0 aromatic carbocycles. The van der Waals surface area contributed by atoms with Crippen LogP contribution < -0.4 is 5.32 Å². The second kappa shape index (κ2) is 6.52. The Balaban J connectivity index is 1.87. The van der Waals surface area contributed by atoms with E-state index in [0.717, 1.165) is 31.6 Å². The van der Waals surface area contributed by atoms with Crippen LogP contribution in [0.15, 0.2) is 17.3 Å². The smallest absolute Gasteiger partial charge is 0.233 e. The van der Waals surface area contributed by atoms with E-state index in [1.165, 1.54) is 0 Å². The number of aliphatic imine (C=N–C) groups is 1.